The molecular formula is C17H14ClN3O2S. The van der Waals surface area contributed by atoms with E-state index in [2.05, 4.69) is 9.82 Å². The van der Waals surface area contributed by atoms with Crippen LogP contribution in [0.1, 0.15) is 5.56 Å². The van der Waals surface area contributed by atoms with Gasteiger partial charge in [0.1, 0.15) is 0 Å². The van der Waals surface area contributed by atoms with E-state index < -0.39 is 10.0 Å². The minimum absolute atomic E-state index is 0.446. The first kappa shape index (κ1) is 16.3. The van der Waals surface area contributed by atoms with Crippen LogP contribution >= 0.6 is 11.6 Å². The number of hydrogen-bond donors (Lipinski definition) is 1. The van der Waals surface area contributed by atoms with Gasteiger partial charge < -0.3 is 0 Å². The van der Waals surface area contributed by atoms with Crippen molar-refractivity contribution >= 4 is 33.4 Å². The van der Waals surface area contributed by atoms with Crippen LogP contribution in [0.15, 0.2) is 72.4 Å². The van der Waals surface area contributed by atoms with E-state index in [9.17, 15) is 8.42 Å². The monoisotopic (exact) mass is 359 g/mol. The molecule has 0 fully saturated rings. The van der Waals surface area contributed by atoms with Gasteiger partial charge >= 0.3 is 0 Å². The minimum atomic E-state index is -3.66. The molecule has 0 bridgehead atoms. The number of aromatic nitrogens is 2. The second-order valence-electron chi connectivity index (χ2n) is 4.97. The summed E-state index contributed by atoms with van der Waals surface area (Å²) in [5.74, 6) is 0. The Morgan fingerprint density at radius 2 is 1.79 bits per heavy atom. The normalized spacial score (nSPS) is 11.7. The van der Waals surface area contributed by atoms with Crippen molar-refractivity contribution in [1.29, 1.82) is 0 Å². The first-order valence-electron chi connectivity index (χ1n) is 7.09. The van der Waals surface area contributed by atoms with E-state index in [-0.39, 0.29) is 0 Å². The molecule has 1 heterocycles. The average Bonchev–Trinajstić information content (AvgIpc) is 3.09. The molecule has 0 aliphatic heterocycles. The molecule has 1 N–H and O–H groups in total. The van der Waals surface area contributed by atoms with Gasteiger partial charge in [-0.3, -0.25) is 4.72 Å². The fraction of sp³-hybridized carbons (Fsp3) is 0. The molecular weight excluding hydrogens is 346 g/mol. The van der Waals surface area contributed by atoms with E-state index in [0.29, 0.717) is 16.4 Å². The van der Waals surface area contributed by atoms with Gasteiger partial charge in [0.05, 0.1) is 16.8 Å². The van der Waals surface area contributed by atoms with Gasteiger partial charge in [0, 0.05) is 17.4 Å². The van der Waals surface area contributed by atoms with Gasteiger partial charge in [-0.05, 0) is 42.0 Å². The smallest absolute Gasteiger partial charge is 0.255 e. The fourth-order valence-corrected chi connectivity index (χ4v) is 3.11. The highest BCUT2D eigenvalue weighted by atomic mass is 35.5. The number of para-hydroxylation sites is 2. The van der Waals surface area contributed by atoms with Crippen molar-refractivity contribution in [2.24, 2.45) is 0 Å². The van der Waals surface area contributed by atoms with E-state index in [1.807, 2.05) is 6.07 Å². The molecule has 0 aliphatic rings. The molecule has 122 valence electrons. The Morgan fingerprint density at radius 3 is 2.50 bits per heavy atom. The number of hydrogen-bond acceptors (Lipinski definition) is 3. The Kier molecular flexibility index (Phi) is 4.69. The summed E-state index contributed by atoms with van der Waals surface area (Å²) in [7, 11) is -3.66. The zero-order valence-electron chi connectivity index (χ0n) is 12.5. The number of benzene rings is 2. The van der Waals surface area contributed by atoms with Gasteiger partial charge in [0.2, 0.25) is 0 Å². The summed E-state index contributed by atoms with van der Waals surface area (Å²) in [6.07, 6.45) is 4.89. The summed E-state index contributed by atoms with van der Waals surface area (Å²) in [4.78, 5) is 0. The Bertz CT molecular complexity index is 950. The second kappa shape index (κ2) is 6.90. The number of rotatable bonds is 5. The summed E-state index contributed by atoms with van der Waals surface area (Å²) in [6.45, 7) is 0. The van der Waals surface area contributed by atoms with Crippen LogP contribution in [0.25, 0.3) is 11.8 Å². The van der Waals surface area contributed by atoms with E-state index >= 15 is 0 Å². The molecule has 3 aromatic rings. The van der Waals surface area contributed by atoms with Crippen molar-refractivity contribution in [3.8, 4) is 5.69 Å². The molecule has 2 aromatic carbocycles. The molecule has 24 heavy (non-hydrogen) atoms. The molecule has 0 radical (unpaired) electrons. The third-order valence-electron chi connectivity index (χ3n) is 3.22. The van der Waals surface area contributed by atoms with Gasteiger partial charge in [0.15, 0.2) is 0 Å². The SMILES string of the molecule is O=S(=O)(/C=C/c1ccc(Cl)cc1)Nc1ccccc1-n1cccn1. The van der Waals surface area contributed by atoms with Crippen LogP contribution in [0, 0.1) is 0 Å². The van der Waals surface area contributed by atoms with E-state index in [1.165, 1.54) is 6.08 Å². The molecule has 5 nitrogen and oxygen atoms in total. The lowest BCUT2D eigenvalue weighted by atomic mass is 10.2. The minimum Gasteiger partial charge on any atom is -0.278 e. The molecule has 1 aromatic heterocycles. The Labute approximate surface area is 145 Å². The van der Waals surface area contributed by atoms with E-state index in [1.54, 1.807) is 65.6 Å². The van der Waals surface area contributed by atoms with Crippen LogP contribution in [0.2, 0.25) is 5.02 Å². The number of nitrogens with one attached hydrogen (secondary N) is 1. The molecule has 0 amide bonds. The molecule has 0 atom stereocenters. The highest BCUT2D eigenvalue weighted by molar-refractivity contribution is 7.95. The highest BCUT2D eigenvalue weighted by Gasteiger charge is 2.10. The average molecular weight is 360 g/mol. The highest BCUT2D eigenvalue weighted by Crippen LogP contribution is 2.21. The Hall–Kier alpha value is -2.57. The van der Waals surface area contributed by atoms with Crippen LogP contribution in [0.4, 0.5) is 5.69 Å². The van der Waals surface area contributed by atoms with Crippen molar-refractivity contribution < 1.29 is 8.42 Å². The Morgan fingerprint density at radius 1 is 1.04 bits per heavy atom. The van der Waals surface area contributed by atoms with Crippen molar-refractivity contribution in [3.63, 3.8) is 0 Å². The summed E-state index contributed by atoms with van der Waals surface area (Å²) in [5.41, 5.74) is 1.83. The molecule has 0 unspecified atom stereocenters. The van der Waals surface area contributed by atoms with Gasteiger partial charge in [-0.2, -0.15) is 5.10 Å². The van der Waals surface area contributed by atoms with Gasteiger partial charge in [-0.25, -0.2) is 13.1 Å². The Balaban J connectivity index is 1.84. The van der Waals surface area contributed by atoms with Crippen molar-refractivity contribution in [3.05, 3.63) is 83.0 Å². The van der Waals surface area contributed by atoms with Crippen LogP contribution in [-0.4, -0.2) is 18.2 Å². The first-order valence-corrected chi connectivity index (χ1v) is 9.01. The lowest BCUT2D eigenvalue weighted by molar-refractivity contribution is 0.609. The van der Waals surface area contributed by atoms with Crippen LogP contribution in [0.3, 0.4) is 0 Å². The number of nitrogens with zero attached hydrogens (tertiary/aromatic N) is 2. The molecule has 0 aliphatic carbocycles. The molecule has 0 spiro atoms. The number of anilines is 1. The summed E-state index contributed by atoms with van der Waals surface area (Å²) in [6, 6.07) is 15.7. The molecule has 3 rings (SSSR count). The van der Waals surface area contributed by atoms with Crippen molar-refractivity contribution in [2.45, 2.75) is 0 Å². The summed E-state index contributed by atoms with van der Waals surface area (Å²) in [5, 5.41) is 5.85. The van der Waals surface area contributed by atoms with Gasteiger partial charge in [-0.15, -0.1) is 0 Å². The van der Waals surface area contributed by atoms with Gasteiger partial charge in [0.25, 0.3) is 10.0 Å². The second-order valence-corrected chi connectivity index (χ2v) is 6.97. The number of sulfonamides is 1. The maximum absolute atomic E-state index is 12.3. The maximum Gasteiger partial charge on any atom is 0.255 e. The third kappa shape index (κ3) is 4.04. The maximum atomic E-state index is 12.3. The quantitative estimate of drug-likeness (QED) is 0.750. The first-order chi connectivity index (χ1) is 11.5. The topological polar surface area (TPSA) is 64.0 Å². The lowest BCUT2D eigenvalue weighted by Gasteiger charge is -2.10. The third-order valence-corrected chi connectivity index (χ3v) is 4.47. The van der Waals surface area contributed by atoms with Gasteiger partial charge in [-0.1, -0.05) is 35.9 Å². The van der Waals surface area contributed by atoms with Crippen LogP contribution < -0.4 is 4.72 Å². The standard InChI is InChI=1S/C17H14ClN3O2S/c18-15-8-6-14(7-9-15)10-13-24(22,23)20-16-4-1-2-5-17(16)21-12-3-11-19-21/h1-13,20H/b13-10+. The van der Waals surface area contributed by atoms with Crippen molar-refractivity contribution in [1.82, 2.24) is 9.78 Å². The zero-order chi connectivity index (χ0) is 17.0. The predicted molar refractivity (Wildman–Crippen MR) is 96.6 cm³/mol. The fourth-order valence-electron chi connectivity index (χ4n) is 2.10. The molecule has 0 saturated carbocycles. The predicted octanol–water partition coefficient (Wildman–Crippen LogP) is 3.94. The van der Waals surface area contributed by atoms with Crippen molar-refractivity contribution in [2.75, 3.05) is 4.72 Å². The zero-order valence-corrected chi connectivity index (χ0v) is 14.1. The molecule has 0 saturated heterocycles. The van der Waals surface area contributed by atoms with Crippen LogP contribution in [-0.2, 0) is 10.0 Å². The number of halogens is 1. The van der Waals surface area contributed by atoms with E-state index in [4.69, 9.17) is 11.6 Å². The summed E-state index contributed by atoms with van der Waals surface area (Å²) >= 11 is 5.81. The lowest BCUT2D eigenvalue weighted by Crippen LogP contribution is -2.11. The van der Waals surface area contributed by atoms with Crippen LogP contribution in [0.5, 0.6) is 0 Å². The summed E-state index contributed by atoms with van der Waals surface area (Å²) < 4.78 is 28.8. The van der Waals surface area contributed by atoms with E-state index in [0.717, 1.165) is 11.0 Å². The molecule has 7 heteroatoms. The largest absolute Gasteiger partial charge is 0.278 e.